The maximum Gasteiger partial charge on any atom is 0.170 e. The Morgan fingerprint density at radius 2 is 2.21 bits per heavy atom. The van der Waals surface area contributed by atoms with Crippen LogP contribution in [0.25, 0.3) is 0 Å². The summed E-state index contributed by atoms with van der Waals surface area (Å²) in [6.07, 6.45) is 1.01. The number of nitrogens with two attached hydrogens (primary N) is 1. The lowest BCUT2D eigenvalue weighted by atomic mass is 10.1. The third-order valence-corrected chi connectivity index (χ3v) is 2.73. The van der Waals surface area contributed by atoms with Gasteiger partial charge in [0.15, 0.2) is 5.84 Å². The van der Waals surface area contributed by atoms with Gasteiger partial charge in [-0.25, -0.2) is 4.39 Å². The van der Waals surface area contributed by atoms with E-state index in [-0.39, 0.29) is 11.7 Å². The Bertz CT molecular complexity index is 435. The average Bonchev–Trinajstić information content (AvgIpc) is 2.38. The Labute approximate surface area is 112 Å². The van der Waals surface area contributed by atoms with E-state index in [1.165, 1.54) is 6.07 Å². The molecule has 106 valence electrons. The second kappa shape index (κ2) is 7.70. The van der Waals surface area contributed by atoms with E-state index in [0.29, 0.717) is 17.7 Å². The van der Waals surface area contributed by atoms with Gasteiger partial charge in [-0.3, -0.25) is 0 Å². The first kappa shape index (κ1) is 15.4. The second-order valence-electron chi connectivity index (χ2n) is 4.63. The number of hydrogen-bond donors (Lipinski definition) is 3. The molecule has 0 amide bonds. The molecular weight excluding hydrogens is 247 g/mol. The van der Waals surface area contributed by atoms with Crippen molar-refractivity contribution < 1.29 is 9.60 Å². The highest BCUT2D eigenvalue weighted by Gasteiger charge is 2.06. The molecule has 0 spiro atoms. The van der Waals surface area contributed by atoms with E-state index in [2.05, 4.69) is 15.4 Å². The summed E-state index contributed by atoms with van der Waals surface area (Å²) in [5.41, 5.74) is 6.33. The summed E-state index contributed by atoms with van der Waals surface area (Å²) in [5, 5.41) is 14.5. The molecular formula is C13H21FN4O. The van der Waals surface area contributed by atoms with Gasteiger partial charge in [0.1, 0.15) is 5.82 Å². The standard InChI is InChI=1S/C13H21FN4O/c1-18(2)7-3-6-16-9-11-5-4-10(8-12(11)14)13(15)17-19/h4-5,8,16,19H,3,6-7,9H2,1-2H3,(H2,15,17). The van der Waals surface area contributed by atoms with Gasteiger partial charge in [0.25, 0.3) is 0 Å². The minimum atomic E-state index is -0.357. The monoisotopic (exact) mass is 268 g/mol. The molecule has 0 atom stereocenters. The van der Waals surface area contributed by atoms with Crippen molar-refractivity contribution in [3.05, 3.63) is 35.1 Å². The highest BCUT2D eigenvalue weighted by molar-refractivity contribution is 5.97. The highest BCUT2D eigenvalue weighted by Crippen LogP contribution is 2.10. The molecule has 0 aromatic heterocycles. The highest BCUT2D eigenvalue weighted by atomic mass is 19.1. The van der Waals surface area contributed by atoms with Gasteiger partial charge in [0.05, 0.1) is 0 Å². The molecule has 19 heavy (non-hydrogen) atoms. The zero-order valence-corrected chi connectivity index (χ0v) is 11.4. The van der Waals surface area contributed by atoms with Crippen molar-refractivity contribution in [3.8, 4) is 0 Å². The number of oxime groups is 1. The van der Waals surface area contributed by atoms with Crippen molar-refractivity contribution in [1.82, 2.24) is 10.2 Å². The summed E-state index contributed by atoms with van der Waals surface area (Å²) in [6, 6.07) is 4.54. The van der Waals surface area contributed by atoms with Crippen LogP contribution < -0.4 is 11.1 Å². The molecule has 1 aromatic carbocycles. The molecule has 0 bridgehead atoms. The maximum atomic E-state index is 13.7. The van der Waals surface area contributed by atoms with Crippen LogP contribution in [0.4, 0.5) is 4.39 Å². The number of nitrogens with one attached hydrogen (secondary N) is 1. The molecule has 1 aromatic rings. The lowest BCUT2D eigenvalue weighted by molar-refractivity contribution is 0.318. The Hall–Kier alpha value is -1.66. The Morgan fingerprint density at radius 1 is 1.47 bits per heavy atom. The zero-order chi connectivity index (χ0) is 14.3. The van der Waals surface area contributed by atoms with Crippen LogP contribution in [-0.2, 0) is 6.54 Å². The first-order valence-electron chi connectivity index (χ1n) is 6.16. The topological polar surface area (TPSA) is 73.9 Å². The minimum absolute atomic E-state index is 0.0932. The number of amidine groups is 1. The third-order valence-electron chi connectivity index (χ3n) is 2.73. The van der Waals surface area contributed by atoms with E-state index in [1.54, 1.807) is 12.1 Å². The van der Waals surface area contributed by atoms with Crippen molar-refractivity contribution in [3.63, 3.8) is 0 Å². The van der Waals surface area contributed by atoms with Gasteiger partial charge in [-0.15, -0.1) is 0 Å². The summed E-state index contributed by atoms with van der Waals surface area (Å²) in [7, 11) is 4.04. The SMILES string of the molecule is CN(C)CCCNCc1ccc(C(N)=NO)cc1F. The van der Waals surface area contributed by atoms with E-state index >= 15 is 0 Å². The minimum Gasteiger partial charge on any atom is -0.409 e. The molecule has 5 nitrogen and oxygen atoms in total. The smallest absolute Gasteiger partial charge is 0.170 e. The van der Waals surface area contributed by atoms with Crippen molar-refractivity contribution in [2.24, 2.45) is 10.9 Å². The second-order valence-corrected chi connectivity index (χ2v) is 4.63. The van der Waals surface area contributed by atoms with E-state index in [4.69, 9.17) is 10.9 Å². The summed E-state index contributed by atoms with van der Waals surface area (Å²) >= 11 is 0. The quantitative estimate of drug-likeness (QED) is 0.226. The number of halogens is 1. The van der Waals surface area contributed by atoms with Gasteiger partial charge in [0, 0.05) is 17.7 Å². The number of benzene rings is 1. The predicted molar refractivity (Wildman–Crippen MR) is 73.8 cm³/mol. The first-order valence-corrected chi connectivity index (χ1v) is 6.16. The van der Waals surface area contributed by atoms with E-state index in [0.717, 1.165) is 19.5 Å². The Kier molecular flexibility index (Phi) is 6.24. The van der Waals surface area contributed by atoms with Crippen LogP contribution in [0.5, 0.6) is 0 Å². The molecule has 0 heterocycles. The molecule has 4 N–H and O–H groups in total. The van der Waals surface area contributed by atoms with Gasteiger partial charge in [-0.05, 0) is 39.7 Å². The van der Waals surface area contributed by atoms with Gasteiger partial charge >= 0.3 is 0 Å². The fourth-order valence-corrected chi connectivity index (χ4v) is 1.65. The summed E-state index contributed by atoms with van der Waals surface area (Å²) < 4.78 is 13.7. The van der Waals surface area contributed by atoms with Crippen LogP contribution in [-0.4, -0.2) is 43.1 Å². The van der Waals surface area contributed by atoms with Crippen molar-refractivity contribution >= 4 is 5.84 Å². The number of hydrogen-bond acceptors (Lipinski definition) is 4. The molecule has 0 fully saturated rings. The fourth-order valence-electron chi connectivity index (χ4n) is 1.65. The van der Waals surface area contributed by atoms with E-state index < -0.39 is 0 Å². The van der Waals surface area contributed by atoms with Crippen LogP contribution >= 0.6 is 0 Å². The first-order chi connectivity index (χ1) is 9.04. The van der Waals surface area contributed by atoms with Gasteiger partial charge < -0.3 is 21.2 Å². The van der Waals surface area contributed by atoms with E-state index in [1.807, 2.05) is 14.1 Å². The molecule has 0 aliphatic heterocycles. The third kappa shape index (κ3) is 5.23. The summed E-state index contributed by atoms with van der Waals surface area (Å²) in [6.45, 7) is 2.30. The molecule has 0 unspecified atom stereocenters. The summed E-state index contributed by atoms with van der Waals surface area (Å²) in [4.78, 5) is 2.11. The van der Waals surface area contributed by atoms with Crippen LogP contribution in [0.2, 0.25) is 0 Å². The van der Waals surface area contributed by atoms with Crippen LogP contribution in [0, 0.1) is 5.82 Å². The van der Waals surface area contributed by atoms with Gasteiger partial charge in [-0.1, -0.05) is 17.3 Å². The molecule has 6 heteroatoms. The lowest BCUT2D eigenvalue weighted by Crippen LogP contribution is -2.21. The van der Waals surface area contributed by atoms with Gasteiger partial charge in [-0.2, -0.15) is 0 Å². The maximum absolute atomic E-state index is 13.7. The van der Waals surface area contributed by atoms with Crippen molar-refractivity contribution in [2.75, 3.05) is 27.2 Å². The van der Waals surface area contributed by atoms with Gasteiger partial charge in [0.2, 0.25) is 0 Å². The summed E-state index contributed by atoms with van der Waals surface area (Å²) in [5.74, 6) is -0.450. The number of nitrogens with zero attached hydrogens (tertiary/aromatic N) is 2. The lowest BCUT2D eigenvalue weighted by Gasteiger charge is -2.10. The molecule has 0 saturated heterocycles. The fraction of sp³-hybridized carbons (Fsp3) is 0.462. The zero-order valence-electron chi connectivity index (χ0n) is 11.4. The van der Waals surface area contributed by atoms with Crippen molar-refractivity contribution in [2.45, 2.75) is 13.0 Å². The van der Waals surface area contributed by atoms with Crippen molar-refractivity contribution in [1.29, 1.82) is 0 Å². The predicted octanol–water partition coefficient (Wildman–Crippen LogP) is 0.962. The molecule has 0 radical (unpaired) electrons. The largest absolute Gasteiger partial charge is 0.409 e. The molecule has 0 aliphatic rings. The normalized spacial score (nSPS) is 12.1. The molecule has 0 aliphatic carbocycles. The Morgan fingerprint density at radius 3 is 2.79 bits per heavy atom. The molecule has 0 saturated carbocycles. The van der Waals surface area contributed by atoms with Crippen LogP contribution in [0.1, 0.15) is 17.5 Å². The van der Waals surface area contributed by atoms with E-state index in [9.17, 15) is 4.39 Å². The molecule has 1 rings (SSSR count). The Balaban J connectivity index is 2.47. The van der Waals surface area contributed by atoms with Crippen LogP contribution in [0.15, 0.2) is 23.4 Å². The van der Waals surface area contributed by atoms with Crippen LogP contribution in [0.3, 0.4) is 0 Å². The number of rotatable bonds is 7. The average molecular weight is 268 g/mol.